The average molecular weight is 299 g/mol. The standard InChI is InChI=1S/C15H25NO3S/c1-13-9-14(2)11-15(10-13)12-20(17,18)8-4-5-16-6-7-19-3/h9-11,16H,4-8,12H2,1-3H3. The minimum Gasteiger partial charge on any atom is -0.383 e. The molecule has 1 aromatic carbocycles. The van der Waals surface area contributed by atoms with E-state index in [4.69, 9.17) is 4.74 Å². The molecule has 20 heavy (non-hydrogen) atoms. The summed E-state index contributed by atoms with van der Waals surface area (Å²) in [7, 11) is -1.38. The first kappa shape index (κ1) is 17.1. The molecule has 1 aromatic rings. The third-order valence-electron chi connectivity index (χ3n) is 2.96. The summed E-state index contributed by atoms with van der Waals surface area (Å²) in [6.07, 6.45) is 0.636. The first-order chi connectivity index (χ1) is 9.43. The van der Waals surface area contributed by atoms with Gasteiger partial charge in [-0.1, -0.05) is 29.3 Å². The lowest BCUT2D eigenvalue weighted by atomic mass is 10.1. The highest BCUT2D eigenvalue weighted by Crippen LogP contribution is 2.12. The van der Waals surface area contributed by atoms with Crippen LogP contribution in [-0.4, -0.2) is 41.0 Å². The van der Waals surface area contributed by atoms with Crippen molar-refractivity contribution in [3.05, 3.63) is 34.9 Å². The van der Waals surface area contributed by atoms with Crippen molar-refractivity contribution in [1.82, 2.24) is 5.32 Å². The second kappa shape index (κ2) is 8.39. The highest BCUT2D eigenvalue weighted by Gasteiger charge is 2.12. The lowest BCUT2D eigenvalue weighted by Gasteiger charge is -2.07. The van der Waals surface area contributed by atoms with E-state index >= 15 is 0 Å². The van der Waals surface area contributed by atoms with Gasteiger partial charge in [-0.3, -0.25) is 0 Å². The van der Waals surface area contributed by atoms with Crippen LogP contribution in [0.25, 0.3) is 0 Å². The van der Waals surface area contributed by atoms with Gasteiger partial charge in [-0.15, -0.1) is 0 Å². The van der Waals surface area contributed by atoms with Crippen molar-refractivity contribution in [2.45, 2.75) is 26.0 Å². The number of rotatable bonds is 9. The van der Waals surface area contributed by atoms with Crippen molar-refractivity contribution < 1.29 is 13.2 Å². The van der Waals surface area contributed by atoms with E-state index in [-0.39, 0.29) is 11.5 Å². The summed E-state index contributed by atoms with van der Waals surface area (Å²) in [5.74, 6) is 0.355. The summed E-state index contributed by atoms with van der Waals surface area (Å²) < 4.78 is 29.0. The van der Waals surface area contributed by atoms with Crippen LogP contribution in [0.2, 0.25) is 0 Å². The number of hydrogen-bond acceptors (Lipinski definition) is 4. The number of sulfone groups is 1. The summed E-state index contributed by atoms with van der Waals surface area (Å²) in [5.41, 5.74) is 3.10. The number of ether oxygens (including phenoxy) is 1. The van der Waals surface area contributed by atoms with E-state index in [1.807, 2.05) is 26.0 Å². The van der Waals surface area contributed by atoms with Gasteiger partial charge in [-0.25, -0.2) is 8.42 Å². The summed E-state index contributed by atoms with van der Waals surface area (Å²) >= 11 is 0. The van der Waals surface area contributed by atoms with E-state index in [9.17, 15) is 8.42 Å². The SMILES string of the molecule is COCCNCCCS(=O)(=O)Cc1cc(C)cc(C)c1. The van der Waals surface area contributed by atoms with Crippen LogP contribution in [0.1, 0.15) is 23.1 Å². The Balaban J connectivity index is 2.41. The molecule has 0 aromatic heterocycles. The van der Waals surface area contributed by atoms with Crippen LogP contribution in [0.4, 0.5) is 0 Å². The normalized spacial score (nSPS) is 11.8. The Hall–Kier alpha value is -0.910. The van der Waals surface area contributed by atoms with Crippen molar-refractivity contribution >= 4 is 9.84 Å². The van der Waals surface area contributed by atoms with Gasteiger partial charge in [0.15, 0.2) is 9.84 Å². The highest BCUT2D eigenvalue weighted by molar-refractivity contribution is 7.90. The van der Waals surface area contributed by atoms with Crippen LogP contribution in [0, 0.1) is 13.8 Å². The fourth-order valence-corrected chi connectivity index (χ4v) is 3.60. The molecule has 0 aliphatic heterocycles. The summed E-state index contributed by atoms with van der Waals surface area (Å²) in [6, 6.07) is 5.94. The van der Waals surface area contributed by atoms with Gasteiger partial charge >= 0.3 is 0 Å². The van der Waals surface area contributed by atoms with E-state index in [0.29, 0.717) is 19.6 Å². The molecule has 1 rings (SSSR count). The van der Waals surface area contributed by atoms with Gasteiger partial charge in [0.1, 0.15) is 0 Å². The van der Waals surface area contributed by atoms with Gasteiger partial charge in [0.05, 0.1) is 18.1 Å². The van der Waals surface area contributed by atoms with Crippen molar-refractivity contribution in [2.24, 2.45) is 0 Å². The lowest BCUT2D eigenvalue weighted by molar-refractivity contribution is 0.199. The van der Waals surface area contributed by atoms with Crippen molar-refractivity contribution in [2.75, 3.05) is 32.6 Å². The number of aryl methyl sites for hydroxylation is 2. The zero-order valence-corrected chi connectivity index (χ0v) is 13.4. The first-order valence-corrected chi connectivity index (χ1v) is 8.72. The molecule has 0 aliphatic rings. The van der Waals surface area contributed by atoms with Crippen LogP contribution < -0.4 is 5.32 Å². The molecule has 0 unspecified atom stereocenters. The van der Waals surface area contributed by atoms with Gasteiger partial charge in [0.2, 0.25) is 0 Å². The largest absolute Gasteiger partial charge is 0.383 e. The fourth-order valence-electron chi connectivity index (χ4n) is 2.19. The van der Waals surface area contributed by atoms with E-state index in [0.717, 1.165) is 23.2 Å². The molecule has 0 spiro atoms. The predicted molar refractivity (Wildman–Crippen MR) is 82.8 cm³/mol. The van der Waals surface area contributed by atoms with Crippen LogP contribution in [0.3, 0.4) is 0 Å². The summed E-state index contributed by atoms with van der Waals surface area (Å²) in [4.78, 5) is 0. The Morgan fingerprint density at radius 1 is 1.10 bits per heavy atom. The van der Waals surface area contributed by atoms with Gasteiger partial charge in [0.25, 0.3) is 0 Å². The van der Waals surface area contributed by atoms with E-state index in [2.05, 4.69) is 11.4 Å². The molecule has 4 nitrogen and oxygen atoms in total. The first-order valence-electron chi connectivity index (χ1n) is 6.90. The third kappa shape index (κ3) is 7.03. The molecule has 1 N–H and O–H groups in total. The smallest absolute Gasteiger partial charge is 0.154 e. The molecule has 5 heteroatoms. The van der Waals surface area contributed by atoms with Gasteiger partial charge in [0, 0.05) is 13.7 Å². The van der Waals surface area contributed by atoms with E-state index in [1.165, 1.54) is 0 Å². The van der Waals surface area contributed by atoms with Crippen molar-refractivity contribution in [3.63, 3.8) is 0 Å². The Morgan fingerprint density at radius 3 is 2.35 bits per heavy atom. The third-order valence-corrected chi connectivity index (χ3v) is 4.64. The molecular formula is C15H25NO3S. The van der Waals surface area contributed by atoms with Gasteiger partial charge in [-0.05, 0) is 32.4 Å². The topological polar surface area (TPSA) is 55.4 Å². The zero-order valence-electron chi connectivity index (χ0n) is 12.6. The Bertz CT molecular complexity index is 492. The summed E-state index contributed by atoms with van der Waals surface area (Å²) in [5, 5.41) is 3.15. The number of benzene rings is 1. The molecule has 114 valence electrons. The second-order valence-electron chi connectivity index (χ2n) is 5.18. The van der Waals surface area contributed by atoms with Crippen LogP contribution in [-0.2, 0) is 20.3 Å². The molecule has 0 radical (unpaired) electrons. The zero-order chi connectivity index (χ0) is 15.0. The van der Waals surface area contributed by atoms with E-state index in [1.54, 1.807) is 7.11 Å². The number of methoxy groups -OCH3 is 1. The average Bonchev–Trinajstić information content (AvgIpc) is 2.31. The maximum absolute atomic E-state index is 12.1. The minimum absolute atomic E-state index is 0.133. The Kier molecular flexibility index (Phi) is 7.19. The fraction of sp³-hybridized carbons (Fsp3) is 0.600. The van der Waals surface area contributed by atoms with Crippen molar-refractivity contribution in [3.8, 4) is 0 Å². The van der Waals surface area contributed by atoms with Gasteiger partial charge in [-0.2, -0.15) is 0 Å². The van der Waals surface area contributed by atoms with E-state index < -0.39 is 9.84 Å². The lowest BCUT2D eigenvalue weighted by Crippen LogP contribution is -2.22. The molecule has 0 aliphatic carbocycles. The highest BCUT2D eigenvalue weighted by atomic mass is 32.2. The number of nitrogens with one attached hydrogen (secondary N) is 1. The molecule has 0 bridgehead atoms. The molecule has 0 fully saturated rings. The molecular weight excluding hydrogens is 274 g/mol. The molecule has 0 heterocycles. The minimum atomic E-state index is -3.03. The molecule has 0 atom stereocenters. The monoisotopic (exact) mass is 299 g/mol. The van der Waals surface area contributed by atoms with Crippen LogP contribution in [0.15, 0.2) is 18.2 Å². The maximum atomic E-state index is 12.1. The number of hydrogen-bond donors (Lipinski definition) is 1. The Morgan fingerprint density at radius 2 is 1.75 bits per heavy atom. The molecule has 0 amide bonds. The van der Waals surface area contributed by atoms with Crippen molar-refractivity contribution in [1.29, 1.82) is 0 Å². The molecule has 0 saturated carbocycles. The van der Waals surface area contributed by atoms with Crippen LogP contribution >= 0.6 is 0 Å². The van der Waals surface area contributed by atoms with Crippen LogP contribution in [0.5, 0.6) is 0 Å². The predicted octanol–water partition coefficient (Wildman–Crippen LogP) is 1.84. The maximum Gasteiger partial charge on any atom is 0.154 e. The molecule has 0 saturated heterocycles. The quantitative estimate of drug-likeness (QED) is 0.707. The summed E-state index contributed by atoms with van der Waals surface area (Å²) in [6.45, 7) is 6.09. The van der Waals surface area contributed by atoms with Gasteiger partial charge < -0.3 is 10.1 Å². The second-order valence-corrected chi connectivity index (χ2v) is 7.37. The Labute approximate surface area is 122 Å².